The first-order valence-electron chi connectivity index (χ1n) is 6.74. The van der Waals surface area contributed by atoms with Crippen LogP contribution in [0.3, 0.4) is 0 Å². The molecule has 0 heterocycles. The first-order chi connectivity index (χ1) is 9.36. The van der Waals surface area contributed by atoms with Crippen molar-refractivity contribution in [2.45, 2.75) is 51.5 Å². The maximum atomic E-state index is 12.5. The van der Waals surface area contributed by atoms with E-state index in [0.29, 0.717) is 12.2 Å². The summed E-state index contributed by atoms with van der Waals surface area (Å²) < 4.78 is 32.7. The van der Waals surface area contributed by atoms with Gasteiger partial charge >= 0.3 is 0 Å². The van der Waals surface area contributed by atoms with Crippen molar-refractivity contribution in [2.75, 3.05) is 7.11 Å². The third kappa shape index (κ3) is 5.49. The zero-order valence-corrected chi connectivity index (χ0v) is 15.0. The fraction of sp³-hybridized carbons (Fsp3) is 0.600. The van der Waals surface area contributed by atoms with Crippen molar-refractivity contribution < 1.29 is 13.2 Å². The summed E-state index contributed by atoms with van der Waals surface area (Å²) in [5, 5.41) is 0.272. The standard InChI is InChI=1S/C15H24ClNO3S/c1-14(2,3)10-15(4,5)17-21(18,19)11-7-8-13(20-6)12(16)9-11/h7-9,17H,10H2,1-6H3. The van der Waals surface area contributed by atoms with Crippen LogP contribution in [0.5, 0.6) is 5.75 Å². The lowest BCUT2D eigenvalue weighted by Gasteiger charge is -2.33. The highest BCUT2D eigenvalue weighted by molar-refractivity contribution is 7.89. The second kappa shape index (κ2) is 6.15. The van der Waals surface area contributed by atoms with Crippen molar-refractivity contribution in [1.82, 2.24) is 4.72 Å². The van der Waals surface area contributed by atoms with E-state index in [9.17, 15) is 8.42 Å². The van der Waals surface area contributed by atoms with E-state index in [1.807, 2.05) is 13.8 Å². The van der Waals surface area contributed by atoms with Crippen LogP contribution in [0, 0.1) is 5.41 Å². The van der Waals surface area contributed by atoms with Gasteiger partial charge in [-0.1, -0.05) is 32.4 Å². The van der Waals surface area contributed by atoms with Crippen LogP contribution in [0.4, 0.5) is 0 Å². The van der Waals surface area contributed by atoms with Crippen molar-refractivity contribution in [2.24, 2.45) is 5.41 Å². The van der Waals surface area contributed by atoms with Crippen LogP contribution in [-0.4, -0.2) is 21.1 Å². The normalized spacial score (nSPS) is 13.3. The highest BCUT2D eigenvalue weighted by atomic mass is 35.5. The second-order valence-corrected chi connectivity index (χ2v) is 9.11. The first kappa shape index (κ1) is 18.3. The molecule has 0 aliphatic rings. The van der Waals surface area contributed by atoms with Crippen LogP contribution in [-0.2, 0) is 10.0 Å². The molecule has 120 valence electrons. The third-order valence-electron chi connectivity index (χ3n) is 2.82. The number of halogens is 1. The molecule has 1 N–H and O–H groups in total. The summed E-state index contributed by atoms with van der Waals surface area (Å²) >= 11 is 6.00. The maximum absolute atomic E-state index is 12.5. The molecule has 0 radical (unpaired) electrons. The molecule has 0 spiro atoms. The quantitative estimate of drug-likeness (QED) is 0.890. The Bertz CT molecular complexity index is 604. The van der Waals surface area contributed by atoms with Crippen molar-refractivity contribution in [3.63, 3.8) is 0 Å². The van der Waals surface area contributed by atoms with Gasteiger partial charge in [-0.05, 0) is 43.9 Å². The largest absolute Gasteiger partial charge is 0.495 e. The minimum atomic E-state index is -3.63. The van der Waals surface area contributed by atoms with E-state index in [1.165, 1.54) is 19.2 Å². The lowest BCUT2D eigenvalue weighted by molar-refractivity contribution is 0.269. The molecular weight excluding hydrogens is 310 g/mol. The molecule has 0 fully saturated rings. The fourth-order valence-electron chi connectivity index (χ4n) is 2.60. The molecule has 0 aliphatic heterocycles. The molecule has 0 atom stereocenters. The number of rotatable bonds is 5. The highest BCUT2D eigenvalue weighted by Crippen LogP contribution is 2.30. The topological polar surface area (TPSA) is 55.4 Å². The number of nitrogens with one attached hydrogen (secondary N) is 1. The van der Waals surface area contributed by atoms with Crippen molar-refractivity contribution in [1.29, 1.82) is 0 Å². The van der Waals surface area contributed by atoms with Gasteiger partial charge in [0.1, 0.15) is 5.75 Å². The number of sulfonamides is 1. The SMILES string of the molecule is COc1ccc(S(=O)(=O)NC(C)(C)CC(C)(C)C)cc1Cl. The lowest BCUT2D eigenvalue weighted by Crippen LogP contribution is -2.45. The first-order valence-corrected chi connectivity index (χ1v) is 8.60. The molecule has 1 aromatic rings. The number of methoxy groups -OCH3 is 1. The monoisotopic (exact) mass is 333 g/mol. The second-order valence-electron chi connectivity index (χ2n) is 7.02. The summed E-state index contributed by atoms with van der Waals surface area (Å²) in [6.45, 7) is 9.98. The molecule has 4 nitrogen and oxygen atoms in total. The van der Waals surface area contributed by atoms with E-state index >= 15 is 0 Å². The number of hydrogen-bond donors (Lipinski definition) is 1. The lowest BCUT2D eigenvalue weighted by atomic mass is 9.82. The van der Waals surface area contributed by atoms with E-state index in [4.69, 9.17) is 16.3 Å². The van der Waals surface area contributed by atoms with Gasteiger partial charge in [-0.3, -0.25) is 0 Å². The van der Waals surface area contributed by atoms with Crippen molar-refractivity contribution >= 4 is 21.6 Å². The van der Waals surface area contributed by atoms with Crippen molar-refractivity contribution in [3.05, 3.63) is 23.2 Å². The Kier molecular flexibility index (Phi) is 5.35. The summed E-state index contributed by atoms with van der Waals surface area (Å²) in [5.74, 6) is 0.449. The highest BCUT2D eigenvalue weighted by Gasteiger charge is 2.30. The van der Waals surface area contributed by atoms with E-state index in [2.05, 4.69) is 25.5 Å². The van der Waals surface area contributed by atoms with E-state index in [0.717, 1.165) is 0 Å². The minimum absolute atomic E-state index is 0.0174. The van der Waals surface area contributed by atoms with Crippen LogP contribution >= 0.6 is 11.6 Å². The van der Waals surface area contributed by atoms with Crippen LogP contribution in [0.15, 0.2) is 23.1 Å². The van der Waals surface area contributed by atoms with Gasteiger partial charge < -0.3 is 4.74 Å². The van der Waals surface area contributed by atoms with Gasteiger partial charge in [-0.2, -0.15) is 0 Å². The zero-order chi connectivity index (χ0) is 16.5. The van der Waals surface area contributed by atoms with Crippen LogP contribution in [0.25, 0.3) is 0 Å². The van der Waals surface area contributed by atoms with Gasteiger partial charge in [0, 0.05) is 5.54 Å². The zero-order valence-electron chi connectivity index (χ0n) is 13.5. The average Bonchev–Trinajstić information content (AvgIpc) is 2.23. The average molecular weight is 334 g/mol. The number of hydrogen-bond acceptors (Lipinski definition) is 3. The number of benzene rings is 1. The van der Waals surface area contributed by atoms with Crippen LogP contribution in [0.1, 0.15) is 41.0 Å². The third-order valence-corrected chi connectivity index (χ3v) is 4.81. The molecule has 21 heavy (non-hydrogen) atoms. The smallest absolute Gasteiger partial charge is 0.241 e. The molecule has 0 aliphatic carbocycles. The molecule has 1 rings (SSSR count). The summed E-state index contributed by atoms with van der Waals surface area (Å²) in [6.07, 6.45) is 0.711. The molecule has 0 saturated heterocycles. The summed E-state index contributed by atoms with van der Waals surface area (Å²) in [4.78, 5) is 0.135. The Morgan fingerprint density at radius 1 is 1.19 bits per heavy atom. The maximum Gasteiger partial charge on any atom is 0.241 e. The van der Waals surface area contributed by atoms with E-state index in [-0.39, 0.29) is 15.3 Å². The van der Waals surface area contributed by atoms with Crippen LogP contribution in [0.2, 0.25) is 5.02 Å². The Labute approximate surface area is 132 Å². The Balaban J connectivity index is 3.04. The Morgan fingerprint density at radius 2 is 1.76 bits per heavy atom. The summed E-state index contributed by atoms with van der Waals surface area (Å²) in [5.41, 5.74) is -0.535. The molecule has 1 aromatic carbocycles. The summed E-state index contributed by atoms with van der Waals surface area (Å²) in [6, 6.07) is 4.43. The van der Waals surface area contributed by atoms with E-state index in [1.54, 1.807) is 6.07 Å². The molecular formula is C15H24ClNO3S. The molecule has 0 aromatic heterocycles. The predicted molar refractivity (Wildman–Crippen MR) is 86.5 cm³/mol. The molecule has 0 unspecified atom stereocenters. The van der Waals surface area contributed by atoms with E-state index < -0.39 is 15.6 Å². The van der Waals surface area contributed by atoms with Gasteiger partial charge in [0.25, 0.3) is 0 Å². The van der Waals surface area contributed by atoms with Gasteiger partial charge in [0.15, 0.2) is 0 Å². The minimum Gasteiger partial charge on any atom is -0.495 e. The van der Waals surface area contributed by atoms with Gasteiger partial charge in [-0.15, -0.1) is 0 Å². The molecule has 0 saturated carbocycles. The number of ether oxygens (including phenoxy) is 1. The predicted octanol–water partition coefficient (Wildman–Crippen LogP) is 3.84. The Hall–Kier alpha value is -0.780. The fourth-order valence-corrected chi connectivity index (χ4v) is 4.36. The molecule has 6 heteroatoms. The van der Waals surface area contributed by atoms with Crippen LogP contribution < -0.4 is 9.46 Å². The van der Waals surface area contributed by atoms with Gasteiger partial charge in [0.05, 0.1) is 17.0 Å². The summed E-state index contributed by atoms with van der Waals surface area (Å²) in [7, 11) is -2.14. The Morgan fingerprint density at radius 3 is 2.19 bits per heavy atom. The molecule has 0 bridgehead atoms. The van der Waals surface area contributed by atoms with Gasteiger partial charge in [-0.25, -0.2) is 13.1 Å². The van der Waals surface area contributed by atoms with Gasteiger partial charge in [0.2, 0.25) is 10.0 Å². The van der Waals surface area contributed by atoms with Crippen molar-refractivity contribution in [3.8, 4) is 5.75 Å². The molecule has 0 amide bonds.